The molecular formula is C13H20ClN3O2. The molecule has 6 heteroatoms. The Kier molecular flexibility index (Phi) is 8.13. The van der Waals surface area contributed by atoms with Crippen LogP contribution in [0.25, 0.3) is 0 Å². The lowest BCUT2D eigenvalue weighted by Crippen LogP contribution is -2.12. The molecule has 0 aliphatic heterocycles. The van der Waals surface area contributed by atoms with Gasteiger partial charge in [-0.1, -0.05) is 17.7 Å². The summed E-state index contributed by atoms with van der Waals surface area (Å²) in [6.45, 7) is 8.49. The van der Waals surface area contributed by atoms with Gasteiger partial charge >= 0.3 is 0 Å². The first-order valence-electron chi connectivity index (χ1n) is 6.30. The van der Waals surface area contributed by atoms with Crippen molar-refractivity contribution in [3.63, 3.8) is 0 Å². The Hall–Kier alpha value is -1.17. The Morgan fingerprint density at radius 2 is 2.21 bits per heavy atom. The quantitative estimate of drug-likeness (QED) is 0.407. The first-order chi connectivity index (χ1) is 9.26. The highest BCUT2D eigenvalue weighted by atomic mass is 35.5. The van der Waals surface area contributed by atoms with E-state index in [1.54, 1.807) is 6.07 Å². The Labute approximate surface area is 119 Å². The number of halogens is 1. The van der Waals surface area contributed by atoms with Crippen LogP contribution in [0.5, 0.6) is 0 Å². The minimum absolute atomic E-state index is 0.363. The van der Waals surface area contributed by atoms with Crippen molar-refractivity contribution in [2.45, 2.75) is 20.0 Å². The SMILES string of the molecule is C=CCCOCCNc1cc(Cl)nc(COCC)n1. The van der Waals surface area contributed by atoms with E-state index in [1.807, 2.05) is 13.0 Å². The summed E-state index contributed by atoms with van der Waals surface area (Å²) < 4.78 is 10.6. The zero-order valence-electron chi connectivity index (χ0n) is 11.2. The van der Waals surface area contributed by atoms with Crippen LogP contribution in [0, 0.1) is 0 Å². The van der Waals surface area contributed by atoms with Gasteiger partial charge in [0.25, 0.3) is 0 Å². The van der Waals surface area contributed by atoms with Gasteiger partial charge in [-0.25, -0.2) is 9.97 Å². The van der Waals surface area contributed by atoms with Crippen LogP contribution in [0.3, 0.4) is 0 Å². The molecule has 0 aliphatic carbocycles. The summed E-state index contributed by atoms with van der Waals surface area (Å²) in [6, 6.07) is 1.68. The van der Waals surface area contributed by atoms with Gasteiger partial charge < -0.3 is 14.8 Å². The van der Waals surface area contributed by atoms with Crippen molar-refractivity contribution in [2.75, 3.05) is 31.7 Å². The highest BCUT2D eigenvalue weighted by Crippen LogP contribution is 2.11. The maximum Gasteiger partial charge on any atom is 0.158 e. The van der Waals surface area contributed by atoms with E-state index in [9.17, 15) is 0 Å². The number of nitrogens with one attached hydrogen (secondary N) is 1. The molecule has 0 amide bonds. The fourth-order valence-corrected chi connectivity index (χ4v) is 1.53. The van der Waals surface area contributed by atoms with Crippen LogP contribution in [0.15, 0.2) is 18.7 Å². The van der Waals surface area contributed by atoms with Gasteiger partial charge in [-0.3, -0.25) is 0 Å². The molecule has 1 rings (SSSR count). The molecule has 0 aromatic carbocycles. The molecule has 1 N–H and O–H groups in total. The van der Waals surface area contributed by atoms with Crippen molar-refractivity contribution in [3.8, 4) is 0 Å². The molecule has 5 nitrogen and oxygen atoms in total. The Bertz CT molecular complexity index is 388. The van der Waals surface area contributed by atoms with Gasteiger partial charge in [-0.15, -0.1) is 6.58 Å². The van der Waals surface area contributed by atoms with Gasteiger partial charge in [0.05, 0.1) is 13.2 Å². The third-order valence-corrected chi connectivity index (χ3v) is 2.39. The van der Waals surface area contributed by atoms with Gasteiger partial charge in [-0.2, -0.15) is 0 Å². The molecular weight excluding hydrogens is 266 g/mol. The molecule has 0 bridgehead atoms. The molecule has 0 radical (unpaired) electrons. The Morgan fingerprint density at radius 3 is 2.95 bits per heavy atom. The molecule has 0 unspecified atom stereocenters. The lowest BCUT2D eigenvalue weighted by Gasteiger charge is -2.08. The number of aromatic nitrogens is 2. The van der Waals surface area contributed by atoms with E-state index in [-0.39, 0.29) is 0 Å². The van der Waals surface area contributed by atoms with Crippen LogP contribution in [-0.2, 0) is 16.1 Å². The third-order valence-electron chi connectivity index (χ3n) is 2.20. The molecule has 106 valence electrons. The smallest absolute Gasteiger partial charge is 0.158 e. The van der Waals surface area contributed by atoms with E-state index in [0.29, 0.717) is 49.8 Å². The molecule has 1 heterocycles. The summed E-state index contributed by atoms with van der Waals surface area (Å²) in [6.07, 6.45) is 2.69. The molecule has 1 aromatic rings. The largest absolute Gasteiger partial charge is 0.379 e. The van der Waals surface area contributed by atoms with Crippen LogP contribution in [0.1, 0.15) is 19.2 Å². The van der Waals surface area contributed by atoms with E-state index < -0.39 is 0 Å². The van der Waals surface area contributed by atoms with Gasteiger partial charge in [0.1, 0.15) is 17.6 Å². The van der Waals surface area contributed by atoms with Gasteiger partial charge in [0.15, 0.2) is 5.82 Å². The third kappa shape index (κ3) is 7.10. The average molecular weight is 286 g/mol. The summed E-state index contributed by atoms with van der Waals surface area (Å²) in [5, 5.41) is 3.54. The normalized spacial score (nSPS) is 10.4. The summed E-state index contributed by atoms with van der Waals surface area (Å²) in [5.41, 5.74) is 0. The maximum atomic E-state index is 5.92. The molecule has 0 spiro atoms. The molecule has 1 aromatic heterocycles. The number of hydrogen-bond acceptors (Lipinski definition) is 5. The zero-order valence-corrected chi connectivity index (χ0v) is 11.9. The van der Waals surface area contributed by atoms with Crippen LogP contribution in [0.4, 0.5) is 5.82 Å². The van der Waals surface area contributed by atoms with Gasteiger partial charge in [0, 0.05) is 19.2 Å². The molecule has 0 fully saturated rings. The standard InChI is InChI=1S/C13H20ClN3O2/c1-3-5-7-19-8-6-15-12-9-11(14)16-13(17-12)10-18-4-2/h3,9H,1,4-8,10H2,2H3,(H,15,16,17). The Morgan fingerprint density at radius 1 is 1.37 bits per heavy atom. The van der Waals surface area contributed by atoms with Crippen molar-refractivity contribution in [3.05, 3.63) is 29.7 Å². The number of nitrogens with zero attached hydrogens (tertiary/aromatic N) is 2. The van der Waals surface area contributed by atoms with Gasteiger partial charge in [-0.05, 0) is 13.3 Å². The van der Waals surface area contributed by atoms with Crippen LogP contribution in [0.2, 0.25) is 5.15 Å². The van der Waals surface area contributed by atoms with Crippen molar-refractivity contribution < 1.29 is 9.47 Å². The molecule has 0 aliphatic rings. The van der Waals surface area contributed by atoms with Crippen molar-refractivity contribution >= 4 is 17.4 Å². The molecule has 0 atom stereocenters. The van der Waals surface area contributed by atoms with Crippen molar-refractivity contribution in [2.24, 2.45) is 0 Å². The number of anilines is 1. The predicted octanol–water partition coefficient (Wildman–Crippen LogP) is 2.67. The fraction of sp³-hybridized carbons (Fsp3) is 0.538. The molecule has 19 heavy (non-hydrogen) atoms. The minimum atomic E-state index is 0.363. The van der Waals surface area contributed by atoms with Crippen LogP contribution < -0.4 is 5.32 Å². The molecule has 0 saturated carbocycles. The second-order valence-electron chi connectivity index (χ2n) is 3.75. The fourth-order valence-electron chi connectivity index (χ4n) is 1.33. The van der Waals surface area contributed by atoms with Crippen molar-refractivity contribution in [1.29, 1.82) is 0 Å². The van der Waals surface area contributed by atoms with E-state index in [1.165, 1.54) is 0 Å². The van der Waals surface area contributed by atoms with Crippen LogP contribution in [-0.4, -0.2) is 36.3 Å². The summed E-state index contributed by atoms with van der Waals surface area (Å²) in [5.74, 6) is 1.26. The number of rotatable bonds is 10. The Balaban J connectivity index is 2.35. The first kappa shape index (κ1) is 15.9. The van der Waals surface area contributed by atoms with E-state index in [2.05, 4.69) is 21.9 Å². The topological polar surface area (TPSA) is 56.3 Å². The summed E-state index contributed by atoms with van der Waals surface area (Å²) in [7, 11) is 0. The van der Waals surface area contributed by atoms with E-state index in [0.717, 1.165) is 6.42 Å². The van der Waals surface area contributed by atoms with E-state index >= 15 is 0 Å². The number of ether oxygens (including phenoxy) is 2. The maximum absolute atomic E-state index is 5.92. The lowest BCUT2D eigenvalue weighted by molar-refractivity contribution is 0.128. The highest BCUT2D eigenvalue weighted by molar-refractivity contribution is 6.29. The zero-order chi connectivity index (χ0) is 13.9. The molecule has 0 saturated heterocycles. The summed E-state index contributed by atoms with van der Waals surface area (Å²) >= 11 is 5.92. The average Bonchev–Trinajstić information content (AvgIpc) is 2.40. The van der Waals surface area contributed by atoms with Crippen molar-refractivity contribution in [1.82, 2.24) is 9.97 Å². The number of hydrogen-bond donors (Lipinski definition) is 1. The van der Waals surface area contributed by atoms with Crippen LogP contribution >= 0.6 is 11.6 Å². The second kappa shape index (κ2) is 9.72. The second-order valence-corrected chi connectivity index (χ2v) is 4.13. The summed E-state index contributed by atoms with van der Waals surface area (Å²) in [4.78, 5) is 8.39. The van der Waals surface area contributed by atoms with Gasteiger partial charge in [0.2, 0.25) is 0 Å². The first-order valence-corrected chi connectivity index (χ1v) is 6.67. The van der Waals surface area contributed by atoms with E-state index in [4.69, 9.17) is 21.1 Å². The lowest BCUT2D eigenvalue weighted by atomic mass is 10.4. The highest BCUT2D eigenvalue weighted by Gasteiger charge is 2.03. The monoisotopic (exact) mass is 285 g/mol. The minimum Gasteiger partial charge on any atom is -0.379 e. The predicted molar refractivity (Wildman–Crippen MR) is 76.5 cm³/mol.